The van der Waals surface area contributed by atoms with Crippen LogP contribution in [-0.2, 0) is 4.79 Å². The lowest BCUT2D eigenvalue weighted by Gasteiger charge is -2.36. The Bertz CT molecular complexity index is 540. The number of aromatic nitrogens is 1. The third kappa shape index (κ3) is 2.51. The van der Waals surface area contributed by atoms with E-state index in [1.807, 2.05) is 13.8 Å². The molecule has 1 aromatic rings. The smallest absolute Gasteiger partial charge is 0.255 e. The Kier molecular flexibility index (Phi) is 4.04. The van der Waals surface area contributed by atoms with Gasteiger partial charge in [-0.1, -0.05) is 0 Å². The van der Waals surface area contributed by atoms with Gasteiger partial charge in [0.05, 0.1) is 11.3 Å². The third-order valence-corrected chi connectivity index (χ3v) is 3.63. The molecule has 1 N–H and O–H groups in total. The molecule has 20 heavy (non-hydrogen) atoms. The van der Waals surface area contributed by atoms with E-state index in [0.717, 1.165) is 4.57 Å². The first kappa shape index (κ1) is 14.5. The van der Waals surface area contributed by atoms with Crippen LogP contribution >= 0.6 is 0 Å². The quantitative estimate of drug-likeness (QED) is 0.815. The minimum absolute atomic E-state index is 0.133. The van der Waals surface area contributed by atoms with Crippen molar-refractivity contribution in [1.82, 2.24) is 14.8 Å². The minimum atomic E-state index is -0.133. The van der Waals surface area contributed by atoms with Crippen LogP contribution in [0.1, 0.15) is 40.3 Å². The highest BCUT2D eigenvalue weighted by molar-refractivity contribution is 5.99. The van der Waals surface area contributed by atoms with Crippen molar-refractivity contribution in [2.75, 3.05) is 13.1 Å². The molecule has 108 valence electrons. The summed E-state index contributed by atoms with van der Waals surface area (Å²) in [7, 11) is 0. The molecule has 1 aliphatic heterocycles. The topological polar surface area (TPSA) is 71.4 Å². The molecular weight excluding hydrogens is 258 g/mol. The van der Waals surface area contributed by atoms with E-state index in [0.29, 0.717) is 36.9 Å². The highest BCUT2D eigenvalue weighted by atomic mass is 16.2. The third-order valence-electron chi connectivity index (χ3n) is 3.63. The van der Waals surface area contributed by atoms with Gasteiger partial charge in [0.15, 0.2) is 6.29 Å². The molecule has 1 aliphatic rings. The second-order valence-corrected chi connectivity index (χ2v) is 5.36. The summed E-state index contributed by atoms with van der Waals surface area (Å²) in [5.41, 5.74) is 1.20. The Morgan fingerprint density at radius 3 is 2.35 bits per heavy atom. The van der Waals surface area contributed by atoms with Crippen molar-refractivity contribution in [2.45, 2.75) is 32.9 Å². The molecule has 0 aromatic carbocycles. The molecule has 2 rings (SSSR count). The number of nitrogens with one attached hydrogen (secondary N) is 1. The van der Waals surface area contributed by atoms with Gasteiger partial charge in [0, 0.05) is 31.4 Å². The first-order valence-electron chi connectivity index (χ1n) is 6.65. The summed E-state index contributed by atoms with van der Waals surface area (Å²) >= 11 is 0. The first-order chi connectivity index (χ1) is 9.47. The number of hydrogen-bond acceptors (Lipinski definition) is 4. The molecule has 0 radical (unpaired) electrons. The average Bonchev–Trinajstić information content (AvgIpc) is 2.72. The average molecular weight is 277 g/mol. The number of hydrogen-bond donors (Lipinski definition) is 1. The zero-order valence-corrected chi connectivity index (χ0v) is 11.9. The van der Waals surface area contributed by atoms with Gasteiger partial charge in [0.1, 0.15) is 0 Å². The summed E-state index contributed by atoms with van der Waals surface area (Å²) in [6.45, 7) is 6.97. The van der Waals surface area contributed by atoms with E-state index >= 15 is 0 Å². The second-order valence-electron chi connectivity index (χ2n) is 5.36. The molecule has 0 aliphatic carbocycles. The Morgan fingerprint density at radius 1 is 1.30 bits per heavy atom. The van der Waals surface area contributed by atoms with Crippen molar-refractivity contribution in [2.24, 2.45) is 0 Å². The van der Waals surface area contributed by atoms with Crippen LogP contribution in [0.4, 0.5) is 0 Å². The van der Waals surface area contributed by atoms with Gasteiger partial charge in [-0.3, -0.25) is 19.0 Å². The molecule has 1 fully saturated rings. The van der Waals surface area contributed by atoms with Crippen molar-refractivity contribution in [3.63, 3.8) is 0 Å². The molecular formula is C14H19N3O3. The lowest BCUT2D eigenvalue weighted by Crippen LogP contribution is -2.55. The van der Waals surface area contributed by atoms with E-state index in [9.17, 15) is 14.4 Å². The predicted molar refractivity (Wildman–Crippen MR) is 74.7 cm³/mol. The summed E-state index contributed by atoms with van der Waals surface area (Å²) in [6, 6.07) is 0.448. The maximum atomic E-state index is 12.6. The number of piperazine rings is 1. The number of aldehydes is 1. The van der Waals surface area contributed by atoms with Crippen LogP contribution in [0.15, 0.2) is 6.20 Å². The molecule has 0 spiro atoms. The number of nitrogens with zero attached hydrogens (tertiary/aromatic N) is 2. The van der Waals surface area contributed by atoms with Crippen LogP contribution in [0.2, 0.25) is 0 Å². The van der Waals surface area contributed by atoms with Gasteiger partial charge in [0.25, 0.3) is 5.91 Å². The predicted octanol–water partition coefficient (Wildman–Crippen LogP) is 0.470. The van der Waals surface area contributed by atoms with E-state index in [4.69, 9.17) is 0 Å². The lowest BCUT2D eigenvalue weighted by atomic mass is 10.1. The summed E-state index contributed by atoms with van der Waals surface area (Å²) in [5.74, 6) is -0.133. The fraction of sp³-hybridized carbons (Fsp3) is 0.500. The Labute approximate surface area is 117 Å². The van der Waals surface area contributed by atoms with Crippen molar-refractivity contribution < 1.29 is 14.4 Å². The van der Waals surface area contributed by atoms with E-state index in [-0.39, 0.29) is 23.7 Å². The Hall–Kier alpha value is -1.95. The molecule has 0 saturated carbocycles. The van der Waals surface area contributed by atoms with E-state index in [1.54, 1.807) is 11.8 Å². The molecule has 0 unspecified atom stereocenters. The molecule has 2 atom stereocenters. The molecule has 0 bridgehead atoms. The van der Waals surface area contributed by atoms with Crippen LogP contribution in [0.25, 0.3) is 0 Å². The number of carbonyl (C=O) groups excluding carboxylic acids is 3. The van der Waals surface area contributed by atoms with Crippen LogP contribution in [0.3, 0.4) is 0 Å². The lowest BCUT2D eigenvalue weighted by molar-refractivity contribution is 0.0673. The zero-order valence-electron chi connectivity index (χ0n) is 11.9. The van der Waals surface area contributed by atoms with Gasteiger partial charge in [-0.25, -0.2) is 0 Å². The first-order valence-corrected chi connectivity index (χ1v) is 6.65. The standard InChI is InChI=1S/C14H19N3O3/c1-9-4-16(5-10(2)15-9)14(20)12-6-17(8-19)13(7-18)11(12)3/h6-10,15H,4-5H2,1-3H3/t9-,10+. The summed E-state index contributed by atoms with van der Waals surface area (Å²) < 4.78 is 1.16. The van der Waals surface area contributed by atoms with E-state index < -0.39 is 0 Å². The normalized spacial score (nSPS) is 22.6. The van der Waals surface area contributed by atoms with Crippen molar-refractivity contribution in [3.8, 4) is 0 Å². The number of rotatable bonds is 3. The molecule has 2 heterocycles. The SMILES string of the molecule is Cc1c(C(=O)N2C[C@@H](C)N[C@@H](C)C2)cn(C=O)c1C=O. The van der Waals surface area contributed by atoms with Crippen molar-refractivity contribution in [3.05, 3.63) is 23.0 Å². The van der Waals surface area contributed by atoms with Crippen LogP contribution < -0.4 is 5.32 Å². The minimum Gasteiger partial charge on any atom is -0.335 e. The maximum Gasteiger partial charge on any atom is 0.255 e. The largest absolute Gasteiger partial charge is 0.335 e. The van der Waals surface area contributed by atoms with E-state index in [1.165, 1.54) is 6.20 Å². The Morgan fingerprint density at radius 2 is 1.90 bits per heavy atom. The highest BCUT2D eigenvalue weighted by Crippen LogP contribution is 2.18. The van der Waals surface area contributed by atoms with Gasteiger partial charge in [0.2, 0.25) is 6.41 Å². The summed E-state index contributed by atoms with van der Waals surface area (Å²) in [6.07, 6.45) is 2.58. The zero-order chi connectivity index (χ0) is 14.9. The fourth-order valence-electron chi connectivity index (χ4n) is 2.75. The highest BCUT2D eigenvalue weighted by Gasteiger charge is 2.28. The summed E-state index contributed by atoms with van der Waals surface area (Å²) in [4.78, 5) is 36.3. The van der Waals surface area contributed by atoms with Crippen molar-refractivity contribution >= 4 is 18.6 Å². The van der Waals surface area contributed by atoms with Crippen LogP contribution in [-0.4, -0.2) is 53.2 Å². The molecule has 1 amide bonds. The van der Waals surface area contributed by atoms with Gasteiger partial charge >= 0.3 is 0 Å². The molecule has 6 heteroatoms. The molecule has 1 aromatic heterocycles. The van der Waals surface area contributed by atoms with Gasteiger partial charge < -0.3 is 10.2 Å². The monoisotopic (exact) mass is 277 g/mol. The van der Waals surface area contributed by atoms with Crippen LogP contribution in [0, 0.1) is 6.92 Å². The van der Waals surface area contributed by atoms with Crippen molar-refractivity contribution in [1.29, 1.82) is 0 Å². The van der Waals surface area contributed by atoms with Gasteiger partial charge in [-0.2, -0.15) is 0 Å². The van der Waals surface area contributed by atoms with Gasteiger partial charge in [-0.15, -0.1) is 0 Å². The second kappa shape index (κ2) is 5.58. The fourth-order valence-corrected chi connectivity index (χ4v) is 2.75. The Balaban J connectivity index is 2.31. The molecule has 1 saturated heterocycles. The van der Waals surface area contributed by atoms with Crippen LogP contribution in [0.5, 0.6) is 0 Å². The number of carbonyl (C=O) groups is 3. The van der Waals surface area contributed by atoms with Gasteiger partial charge in [-0.05, 0) is 26.3 Å². The molecule has 6 nitrogen and oxygen atoms in total. The summed E-state index contributed by atoms with van der Waals surface area (Å²) in [5, 5.41) is 3.36. The number of amides is 1. The maximum absolute atomic E-state index is 12.6. The van der Waals surface area contributed by atoms with E-state index in [2.05, 4.69) is 5.32 Å².